The fourth-order valence-corrected chi connectivity index (χ4v) is 3.40. The first-order valence-electron chi connectivity index (χ1n) is 10.5. The number of rotatable bonds is 8. The van der Waals surface area contributed by atoms with Gasteiger partial charge in [0, 0.05) is 0 Å². The summed E-state index contributed by atoms with van der Waals surface area (Å²) in [6.07, 6.45) is 1.53. The second-order valence-electron chi connectivity index (χ2n) is 7.46. The van der Waals surface area contributed by atoms with Gasteiger partial charge in [-0.05, 0) is 70.4 Å². The van der Waals surface area contributed by atoms with Crippen LogP contribution in [0.1, 0.15) is 31.8 Å². The Hall–Kier alpha value is -4.65. The zero-order valence-corrected chi connectivity index (χ0v) is 18.4. The van der Waals surface area contributed by atoms with Crippen LogP contribution in [0.5, 0.6) is 11.5 Å². The molecule has 0 aromatic heterocycles. The van der Waals surface area contributed by atoms with Gasteiger partial charge in [-0.1, -0.05) is 36.4 Å². The predicted molar refractivity (Wildman–Crippen MR) is 130 cm³/mol. The third kappa shape index (κ3) is 5.39. The summed E-state index contributed by atoms with van der Waals surface area (Å²) < 4.78 is 11.1. The van der Waals surface area contributed by atoms with E-state index < -0.39 is 5.97 Å². The highest BCUT2D eigenvalue weighted by Crippen LogP contribution is 2.26. The average Bonchev–Trinajstić information content (AvgIpc) is 2.87. The number of methoxy groups -OCH3 is 1. The molecule has 4 aromatic rings. The number of hydrazone groups is 1. The van der Waals surface area contributed by atoms with Gasteiger partial charge >= 0.3 is 5.97 Å². The molecule has 0 saturated heterocycles. The molecule has 0 aliphatic carbocycles. The number of nitrogens with one attached hydrogen (secondary N) is 1. The van der Waals surface area contributed by atoms with Crippen molar-refractivity contribution in [1.29, 1.82) is 0 Å². The van der Waals surface area contributed by atoms with E-state index in [1.165, 1.54) is 19.4 Å². The van der Waals surface area contributed by atoms with E-state index in [1.807, 2.05) is 30.3 Å². The van der Waals surface area contributed by atoms with Gasteiger partial charge in [-0.25, -0.2) is 10.2 Å². The number of amides is 1. The third-order valence-corrected chi connectivity index (χ3v) is 5.15. The number of hydrogen-bond donors (Lipinski definition) is 2. The Morgan fingerprint density at radius 2 is 1.68 bits per heavy atom. The quantitative estimate of drug-likeness (QED) is 0.292. The molecule has 170 valence electrons. The summed E-state index contributed by atoms with van der Waals surface area (Å²) in [5.74, 6) is -0.247. The van der Waals surface area contributed by atoms with Crippen LogP contribution in [0, 0.1) is 0 Å². The van der Waals surface area contributed by atoms with Gasteiger partial charge in [0.15, 0.2) is 0 Å². The van der Waals surface area contributed by atoms with Crippen LogP contribution in [-0.2, 0) is 6.61 Å². The smallest absolute Gasteiger partial charge is 0.335 e. The lowest BCUT2D eigenvalue weighted by Gasteiger charge is -2.09. The summed E-state index contributed by atoms with van der Waals surface area (Å²) in [5.41, 5.74) is 4.68. The van der Waals surface area contributed by atoms with E-state index in [1.54, 1.807) is 48.5 Å². The lowest BCUT2D eigenvalue weighted by molar-refractivity contribution is 0.0696. The molecular weight excluding hydrogens is 432 g/mol. The first-order chi connectivity index (χ1) is 16.5. The van der Waals surface area contributed by atoms with Gasteiger partial charge in [0.25, 0.3) is 5.91 Å². The number of hydrogen-bond acceptors (Lipinski definition) is 5. The number of carbonyl (C=O) groups excluding carboxylic acids is 1. The normalized spacial score (nSPS) is 10.9. The molecule has 34 heavy (non-hydrogen) atoms. The van der Waals surface area contributed by atoms with Crippen LogP contribution in [0.4, 0.5) is 0 Å². The van der Waals surface area contributed by atoms with Gasteiger partial charge < -0.3 is 14.6 Å². The lowest BCUT2D eigenvalue weighted by atomic mass is 10.1. The topological polar surface area (TPSA) is 97.2 Å². The third-order valence-electron chi connectivity index (χ3n) is 5.15. The molecule has 4 rings (SSSR count). The monoisotopic (exact) mass is 454 g/mol. The standard InChI is InChI=1S/C27H22N2O5/c1-33-25-15-21-7-3-2-6-20(21)14-24(25)26(30)29-28-16-18-9-11-23(12-10-18)34-17-19-5-4-8-22(13-19)27(31)32/h2-16H,17H2,1H3,(H,29,30)(H,31,32)/b28-16-. The second kappa shape index (κ2) is 10.3. The molecule has 0 saturated carbocycles. The van der Waals surface area contributed by atoms with Gasteiger partial charge in [0.2, 0.25) is 0 Å². The van der Waals surface area contributed by atoms with E-state index in [2.05, 4.69) is 10.5 Å². The number of nitrogens with zero attached hydrogens (tertiary/aromatic N) is 1. The molecule has 0 unspecified atom stereocenters. The zero-order valence-electron chi connectivity index (χ0n) is 18.4. The molecule has 1 amide bonds. The van der Waals surface area contributed by atoms with E-state index in [0.717, 1.165) is 21.9 Å². The number of ether oxygens (including phenoxy) is 2. The average molecular weight is 454 g/mol. The fourth-order valence-electron chi connectivity index (χ4n) is 3.40. The Labute approximate surface area is 196 Å². The summed E-state index contributed by atoms with van der Waals surface area (Å²) in [6, 6.07) is 25.1. The lowest BCUT2D eigenvalue weighted by Crippen LogP contribution is -2.18. The Kier molecular flexibility index (Phi) is 6.84. The highest BCUT2D eigenvalue weighted by Gasteiger charge is 2.13. The van der Waals surface area contributed by atoms with Crippen molar-refractivity contribution in [3.63, 3.8) is 0 Å². The minimum Gasteiger partial charge on any atom is -0.496 e. The van der Waals surface area contributed by atoms with E-state index in [-0.39, 0.29) is 18.1 Å². The number of fused-ring (bicyclic) bond motifs is 1. The first-order valence-corrected chi connectivity index (χ1v) is 10.5. The van der Waals surface area contributed by atoms with Crippen molar-refractivity contribution in [3.05, 3.63) is 107 Å². The minimum absolute atomic E-state index is 0.219. The van der Waals surface area contributed by atoms with E-state index >= 15 is 0 Å². The molecular formula is C27H22N2O5. The van der Waals surface area contributed by atoms with Gasteiger partial charge in [-0.3, -0.25) is 4.79 Å². The number of carboxylic acid groups (broad SMARTS) is 1. The highest BCUT2D eigenvalue weighted by molar-refractivity contribution is 6.02. The van der Waals surface area contributed by atoms with E-state index in [4.69, 9.17) is 14.6 Å². The SMILES string of the molecule is COc1cc2ccccc2cc1C(=O)N/N=C\c1ccc(OCc2cccc(C(=O)O)c2)cc1. The minimum atomic E-state index is -0.975. The number of benzene rings is 4. The van der Waals surface area contributed by atoms with Crippen molar-refractivity contribution in [2.45, 2.75) is 6.61 Å². The molecule has 4 aromatic carbocycles. The summed E-state index contributed by atoms with van der Waals surface area (Å²) in [4.78, 5) is 23.7. The molecule has 7 heteroatoms. The van der Waals surface area contributed by atoms with Gasteiger partial charge in [-0.15, -0.1) is 0 Å². The molecule has 0 aliphatic rings. The van der Waals surface area contributed by atoms with Crippen LogP contribution < -0.4 is 14.9 Å². The summed E-state index contributed by atoms with van der Waals surface area (Å²) in [5, 5.41) is 15.0. The summed E-state index contributed by atoms with van der Waals surface area (Å²) >= 11 is 0. The molecule has 0 radical (unpaired) electrons. The zero-order chi connectivity index (χ0) is 23.9. The van der Waals surface area contributed by atoms with Gasteiger partial charge in [0.1, 0.15) is 18.1 Å². The molecule has 2 N–H and O–H groups in total. The van der Waals surface area contributed by atoms with Crippen molar-refractivity contribution in [2.75, 3.05) is 7.11 Å². The summed E-state index contributed by atoms with van der Waals surface area (Å²) in [7, 11) is 1.52. The second-order valence-corrected chi connectivity index (χ2v) is 7.46. The van der Waals surface area contributed by atoms with Crippen molar-refractivity contribution >= 4 is 28.9 Å². The Morgan fingerprint density at radius 3 is 2.38 bits per heavy atom. The maximum Gasteiger partial charge on any atom is 0.335 e. The molecule has 0 fully saturated rings. The largest absolute Gasteiger partial charge is 0.496 e. The van der Waals surface area contributed by atoms with Crippen LogP contribution in [-0.4, -0.2) is 30.3 Å². The molecule has 0 bridgehead atoms. The molecule has 0 aliphatic heterocycles. The van der Waals surface area contributed by atoms with Crippen molar-refractivity contribution < 1.29 is 24.2 Å². The van der Waals surface area contributed by atoms with Crippen molar-refractivity contribution in [2.24, 2.45) is 5.10 Å². The predicted octanol–water partition coefficient (Wildman–Crippen LogP) is 4.89. The number of aromatic carboxylic acids is 1. The van der Waals surface area contributed by atoms with Crippen LogP contribution in [0.2, 0.25) is 0 Å². The van der Waals surface area contributed by atoms with Crippen molar-refractivity contribution in [3.8, 4) is 11.5 Å². The maximum atomic E-state index is 12.6. The molecule has 0 atom stereocenters. The Morgan fingerprint density at radius 1 is 0.941 bits per heavy atom. The number of carboxylic acids is 1. The van der Waals surface area contributed by atoms with Crippen LogP contribution in [0.15, 0.2) is 90.0 Å². The summed E-state index contributed by atoms with van der Waals surface area (Å²) in [6.45, 7) is 0.248. The molecule has 0 heterocycles. The number of carbonyl (C=O) groups is 2. The highest BCUT2D eigenvalue weighted by atomic mass is 16.5. The van der Waals surface area contributed by atoms with Gasteiger partial charge in [-0.2, -0.15) is 5.10 Å². The van der Waals surface area contributed by atoms with Crippen LogP contribution >= 0.6 is 0 Å². The first kappa shape index (κ1) is 22.5. The fraction of sp³-hybridized carbons (Fsp3) is 0.0741. The Bertz CT molecular complexity index is 1360. The maximum absolute atomic E-state index is 12.6. The van der Waals surface area contributed by atoms with Gasteiger partial charge in [0.05, 0.1) is 24.5 Å². The van der Waals surface area contributed by atoms with E-state index in [9.17, 15) is 9.59 Å². The van der Waals surface area contributed by atoms with Crippen LogP contribution in [0.25, 0.3) is 10.8 Å². The Balaban J connectivity index is 1.36. The van der Waals surface area contributed by atoms with Crippen molar-refractivity contribution in [1.82, 2.24) is 5.43 Å². The molecule has 7 nitrogen and oxygen atoms in total. The van der Waals surface area contributed by atoms with E-state index in [0.29, 0.717) is 17.1 Å². The van der Waals surface area contributed by atoms with Crippen LogP contribution in [0.3, 0.4) is 0 Å². The molecule has 0 spiro atoms.